The number of benzene rings is 1. The summed E-state index contributed by atoms with van der Waals surface area (Å²) in [5.41, 5.74) is 1.74. The van der Waals surface area contributed by atoms with Gasteiger partial charge in [0.1, 0.15) is 23.4 Å². The highest BCUT2D eigenvalue weighted by Gasteiger charge is 2.42. The van der Waals surface area contributed by atoms with E-state index in [9.17, 15) is 4.39 Å². The minimum Gasteiger partial charge on any atom is -0.459 e. The summed E-state index contributed by atoms with van der Waals surface area (Å²) in [6.07, 6.45) is 1.78. The van der Waals surface area contributed by atoms with Crippen molar-refractivity contribution in [2.45, 2.75) is 32.0 Å². The van der Waals surface area contributed by atoms with E-state index in [0.717, 1.165) is 17.0 Å². The van der Waals surface area contributed by atoms with Crippen LogP contribution in [0.15, 0.2) is 65.2 Å². The lowest BCUT2D eigenvalue weighted by Gasteiger charge is -2.29. The van der Waals surface area contributed by atoms with E-state index in [1.54, 1.807) is 18.3 Å². The van der Waals surface area contributed by atoms with Crippen molar-refractivity contribution >= 4 is 17.3 Å². The summed E-state index contributed by atoms with van der Waals surface area (Å²) in [5.74, 6) is 1.23. The number of hydrogen-bond donors (Lipinski definition) is 1. The second-order valence-corrected chi connectivity index (χ2v) is 7.22. The standard InChI is InChI=1S/C21H20FN3OS/c1-13(2)25-20(19(24-21(25)27)16-5-3-4-12-23-16)18-11-10-17(26-18)14-6-8-15(22)9-7-14/h3-13,19-20H,1-2H3,(H,24,27)/t19-,20+/m0/s1. The zero-order valence-electron chi connectivity index (χ0n) is 15.1. The lowest BCUT2D eigenvalue weighted by Crippen LogP contribution is -2.35. The Kier molecular flexibility index (Phi) is 4.66. The second kappa shape index (κ2) is 7.12. The number of pyridine rings is 1. The van der Waals surface area contributed by atoms with Gasteiger partial charge in [-0.15, -0.1) is 0 Å². The average Bonchev–Trinajstić information content (AvgIpc) is 3.27. The Morgan fingerprint density at radius 1 is 1.11 bits per heavy atom. The molecule has 0 bridgehead atoms. The number of thiocarbonyl (C=S) groups is 1. The molecule has 1 fully saturated rings. The first kappa shape index (κ1) is 17.7. The number of aromatic nitrogens is 1. The topological polar surface area (TPSA) is 41.3 Å². The van der Waals surface area contributed by atoms with Gasteiger partial charge in [-0.25, -0.2) is 4.39 Å². The van der Waals surface area contributed by atoms with Gasteiger partial charge in [0, 0.05) is 17.8 Å². The van der Waals surface area contributed by atoms with Crippen LogP contribution in [0.1, 0.15) is 37.4 Å². The van der Waals surface area contributed by atoms with E-state index in [4.69, 9.17) is 16.6 Å². The third-order valence-electron chi connectivity index (χ3n) is 4.74. The van der Waals surface area contributed by atoms with E-state index in [1.165, 1.54) is 12.1 Å². The molecule has 4 nitrogen and oxygen atoms in total. The molecule has 3 heterocycles. The van der Waals surface area contributed by atoms with Crippen LogP contribution in [0, 0.1) is 5.82 Å². The highest BCUT2D eigenvalue weighted by molar-refractivity contribution is 7.80. The van der Waals surface area contributed by atoms with E-state index >= 15 is 0 Å². The molecule has 3 aromatic rings. The molecule has 0 amide bonds. The normalized spacial score (nSPS) is 19.6. The smallest absolute Gasteiger partial charge is 0.170 e. The van der Waals surface area contributed by atoms with Crippen LogP contribution in [0.3, 0.4) is 0 Å². The molecule has 27 heavy (non-hydrogen) atoms. The summed E-state index contributed by atoms with van der Waals surface area (Å²) >= 11 is 5.59. The number of hydrogen-bond acceptors (Lipinski definition) is 3. The Balaban J connectivity index is 1.74. The van der Waals surface area contributed by atoms with Crippen molar-refractivity contribution in [1.29, 1.82) is 0 Å². The molecule has 0 unspecified atom stereocenters. The SMILES string of the molecule is CC(C)N1C(=S)N[C@@H](c2ccccn2)[C@H]1c1ccc(-c2ccc(F)cc2)o1. The molecule has 0 radical (unpaired) electrons. The summed E-state index contributed by atoms with van der Waals surface area (Å²) < 4.78 is 19.4. The Morgan fingerprint density at radius 3 is 2.56 bits per heavy atom. The maximum absolute atomic E-state index is 13.2. The van der Waals surface area contributed by atoms with Crippen molar-refractivity contribution in [2.24, 2.45) is 0 Å². The van der Waals surface area contributed by atoms with Crippen molar-refractivity contribution < 1.29 is 8.81 Å². The molecule has 1 aromatic carbocycles. The fraction of sp³-hybridized carbons (Fsp3) is 0.238. The van der Waals surface area contributed by atoms with Gasteiger partial charge in [0.15, 0.2) is 5.11 Å². The van der Waals surface area contributed by atoms with Crippen LogP contribution in [0.4, 0.5) is 4.39 Å². The predicted molar refractivity (Wildman–Crippen MR) is 107 cm³/mol. The van der Waals surface area contributed by atoms with Crippen LogP contribution < -0.4 is 5.32 Å². The molecule has 1 aliphatic heterocycles. The Bertz CT molecular complexity index is 940. The molecule has 0 spiro atoms. The van der Waals surface area contributed by atoms with E-state index in [0.29, 0.717) is 10.9 Å². The van der Waals surface area contributed by atoms with Gasteiger partial charge in [-0.2, -0.15) is 0 Å². The third kappa shape index (κ3) is 3.32. The molecule has 0 saturated carbocycles. The quantitative estimate of drug-likeness (QED) is 0.654. The van der Waals surface area contributed by atoms with Crippen molar-refractivity contribution in [2.75, 3.05) is 0 Å². The number of nitrogens with zero attached hydrogens (tertiary/aromatic N) is 2. The van der Waals surface area contributed by atoms with Gasteiger partial charge in [0.25, 0.3) is 0 Å². The number of nitrogens with one attached hydrogen (secondary N) is 1. The highest BCUT2D eigenvalue weighted by Crippen LogP contribution is 2.41. The minimum atomic E-state index is -0.267. The van der Waals surface area contributed by atoms with Crippen molar-refractivity contribution in [3.63, 3.8) is 0 Å². The summed E-state index contributed by atoms with van der Waals surface area (Å²) in [6, 6.07) is 16.0. The van der Waals surface area contributed by atoms with Crippen molar-refractivity contribution in [3.05, 3.63) is 78.1 Å². The van der Waals surface area contributed by atoms with E-state index < -0.39 is 0 Å². The first-order chi connectivity index (χ1) is 13.0. The van der Waals surface area contributed by atoms with Crippen LogP contribution >= 0.6 is 12.2 Å². The molecule has 2 aromatic heterocycles. The van der Waals surface area contributed by atoms with Crippen LogP contribution in [-0.2, 0) is 0 Å². The predicted octanol–water partition coefficient (Wildman–Crippen LogP) is 4.86. The zero-order chi connectivity index (χ0) is 19.0. The molecular formula is C21H20FN3OS. The summed E-state index contributed by atoms with van der Waals surface area (Å²) in [4.78, 5) is 6.65. The second-order valence-electron chi connectivity index (χ2n) is 6.84. The van der Waals surface area contributed by atoms with Gasteiger partial charge < -0.3 is 14.6 Å². The molecule has 1 aliphatic rings. The van der Waals surface area contributed by atoms with Crippen molar-refractivity contribution in [1.82, 2.24) is 15.2 Å². The van der Waals surface area contributed by atoms with Crippen LogP contribution in [0.5, 0.6) is 0 Å². The van der Waals surface area contributed by atoms with Crippen LogP contribution in [0.25, 0.3) is 11.3 Å². The molecule has 2 atom stereocenters. The largest absolute Gasteiger partial charge is 0.459 e. The zero-order valence-corrected chi connectivity index (χ0v) is 15.9. The highest BCUT2D eigenvalue weighted by atomic mass is 32.1. The van der Waals surface area contributed by atoms with E-state index in [1.807, 2.05) is 30.3 Å². The van der Waals surface area contributed by atoms with Gasteiger partial charge in [-0.3, -0.25) is 4.98 Å². The summed E-state index contributed by atoms with van der Waals surface area (Å²) in [7, 11) is 0. The van der Waals surface area contributed by atoms with E-state index in [2.05, 4.69) is 29.0 Å². The minimum absolute atomic E-state index is 0.103. The molecule has 0 aliphatic carbocycles. The molecule has 1 N–H and O–H groups in total. The maximum atomic E-state index is 13.2. The lowest BCUT2D eigenvalue weighted by atomic mass is 10.0. The average molecular weight is 381 g/mol. The van der Waals surface area contributed by atoms with Gasteiger partial charge in [-0.05, 0) is 74.6 Å². The fourth-order valence-corrected chi connectivity index (χ4v) is 3.96. The Morgan fingerprint density at radius 2 is 1.89 bits per heavy atom. The van der Waals surface area contributed by atoms with Gasteiger partial charge in [0.05, 0.1) is 11.7 Å². The van der Waals surface area contributed by atoms with Crippen molar-refractivity contribution in [3.8, 4) is 11.3 Å². The number of furan rings is 1. The molecule has 4 rings (SSSR count). The fourth-order valence-electron chi connectivity index (χ4n) is 3.51. The molecular weight excluding hydrogens is 361 g/mol. The van der Waals surface area contributed by atoms with Crippen LogP contribution in [-0.4, -0.2) is 21.0 Å². The summed E-state index contributed by atoms with van der Waals surface area (Å²) in [6.45, 7) is 4.21. The third-order valence-corrected chi connectivity index (χ3v) is 5.07. The lowest BCUT2D eigenvalue weighted by molar-refractivity contribution is 0.237. The van der Waals surface area contributed by atoms with Gasteiger partial charge in [0.2, 0.25) is 0 Å². The number of rotatable bonds is 4. The molecule has 6 heteroatoms. The molecule has 1 saturated heterocycles. The van der Waals surface area contributed by atoms with Gasteiger partial charge in [-0.1, -0.05) is 6.07 Å². The number of halogens is 1. The first-order valence-corrected chi connectivity index (χ1v) is 9.31. The maximum Gasteiger partial charge on any atom is 0.170 e. The first-order valence-electron chi connectivity index (χ1n) is 8.90. The summed E-state index contributed by atoms with van der Waals surface area (Å²) in [5, 5.41) is 4.08. The van der Waals surface area contributed by atoms with Gasteiger partial charge >= 0.3 is 0 Å². The molecule has 138 valence electrons. The van der Waals surface area contributed by atoms with E-state index in [-0.39, 0.29) is 23.9 Å². The Hall–Kier alpha value is -2.73. The monoisotopic (exact) mass is 381 g/mol. The Labute approximate surface area is 163 Å². The van der Waals surface area contributed by atoms with Crippen LogP contribution in [0.2, 0.25) is 0 Å².